The fourth-order valence-electron chi connectivity index (χ4n) is 3.03. The van der Waals surface area contributed by atoms with Crippen molar-refractivity contribution >= 4 is 15.9 Å². The van der Waals surface area contributed by atoms with Gasteiger partial charge >= 0.3 is 0 Å². The first-order valence-electron chi connectivity index (χ1n) is 6.91. The number of pyridine rings is 1. The Kier molecular flexibility index (Phi) is 4.79. The van der Waals surface area contributed by atoms with Crippen LogP contribution in [0.3, 0.4) is 0 Å². The van der Waals surface area contributed by atoms with E-state index in [1.165, 1.54) is 24.8 Å². The van der Waals surface area contributed by atoms with Gasteiger partial charge in [0.05, 0.1) is 0 Å². The van der Waals surface area contributed by atoms with Gasteiger partial charge in [-0.1, -0.05) is 13.8 Å². The van der Waals surface area contributed by atoms with Crippen molar-refractivity contribution < 1.29 is 0 Å². The lowest BCUT2D eigenvalue weighted by molar-refractivity contribution is 0.189. The zero-order valence-corrected chi connectivity index (χ0v) is 12.9. The maximum absolute atomic E-state index is 6.30. The molecule has 0 amide bonds. The average molecular weight is 311 g/mol. The van der Waals surface area contributed by atoms with Gasteiger partial charge in [0, 0.05) is 22.9 Å². The van der Waals surface area contributed by atoms with Crippen LogP contribution in [0.1, 0.15) is 38.7 Å². The molecule has 0 aromatic carbocycles. The van der Waals surface area contributed by atoms with Crippen molar-refractivity contribution in [2.24, 2.45) is 23.5 Å². The number of nitrogens with two attached hydrogens (primary N) is 1. The highest BCUT2D eigenvalue weighted by atomic mass is 79.9. The van der Waals surface area contributed by atoms with E-state index in [1.54, 1.807) is 0 Å². The summed E-state index contributed by atoms with van der Waals surface area (Å²) in [4.78, 5) is 4.24. The first-order valence-corrected chi connectivity index (χ1v) is 7.70. The molecule has 0 bridgehead atoms. The SMILES string of the molecule is CC(C)C1CCC(N)C(Cc2cncc(Br)c2)C1. The summed E-state index contributed by atoms with van der Waals surface area (Å²) in [5, 5.41) is 0. The van der Waals surface area contributed by atoms with E-state index < -0.39 is 0 Å². The van der Waals surface area contributed by atoms with E-state index in [4.69, 9.17) is 5.73 Å². The molecule has 1 heterocycles. The van der Waals surface area contributed by atoms with Crippen molar-refractivity contribution in [2.45, 2.75) is 45.6 Å². The van der Waals surface area contributed by atoms with Crippen LogP contribution in [0, 0.1) is 17.8 Å². The molecule has 3 atom stereocenters. The van der Waals surface area contributed by atoms with Gasteiger partial charge in [0.2, 0.25) is 0 Å². The summed E-state index contributed by atoms with van der Waals surface area (Å²) < 4.78 is 1.06. The summed E-state index contributed by atoms with van der Waals surface area (Å²) in [6.45, 7) is 4.67. The number of hydrogen-bond acceptors (Lipinski definition) is 2. The van der Waals surface area contributed by atoms with Crippen molar-refractivity contribution in [3.05, 3.63) is 28.5 Å². The third kappa shape index (κ3) is 3.55. The highest BCUT2D eigenvalue weighted by molar-refractivity contribution is 9.10. The molecule has 2 N–H and O–H groups in total. The lowest BCUT2D eigenvalue weighted by Crippen LogP contribution is -2.38. The second-order valence-corrected chi connectivity index (χ2v) is 6.87. The van der Waals surface area contributed by atoms with Crippen LogP contribution in [0.2, 0.25) is 0 Å². The molecule has 1 aromatic rings. The minimum atomic E-state index is 0.360. The smallest absolute Gasteiger partial charge is 0.0410 e. The molecule has 0 spiro atoms. The molecule has 2 rings (SSSR count). The molecule has 0 radical (unpaired) electrons. The van der Waals surface area contributed by atoms with Gasteiger partial charge < -0.3 is 5.73 Å². The predicted octanol–water partition coefficient (Wildman–Crippen LogP) is 3.79. The second kappa shape index (κ2) is 6.16. The number of nitrogens with zero attached hydrogens (tertiary/aromatic N) is 1. The Morgan fingerprint density at radius 3 is 2.83 bits per heavy atom. The van der Waals surface area contributed by atoms with E-state index in [0.717, 1.165) is 22.7 Å². The highest BCUT2D eigenvalue weighted by Crippen LogP contribution is 2.34. The third-order valence-electron chi connectivity index (χ3n) is 4.28. The van der Waals surface area contributed by atoms with Crippen LogP contribution in [-0.4, -0.2) is 11.0 Å². The van der Waals surface area contributed by atoms with E-state index in [2.05, 4.69) is 40.8 Å². The molecule has 2 nitrogen and oxygen atoms in total. The van der Waals surface area contributed by atoms with Crippen LogP contribution in [0.5, 0.6) is 0 Å². The minimum Gasteiger partial charge on any atom is -0.327 e. The molecule has 1 saturated carbocycles. The number of halogens is 1. The van der Waals surface area contributed by atoms with Crippen molar-refractivity contribution in [3.63, 3.8) is 0 Å². The maximum atomic E-state index is 6.30. The van der Waals surface area contributed by atoms with Gasteiger partial charge in [-0.15, -0.1) is 0 Å². The Hall–Kier alpha value is -0.410. The molecule has 18 heavy (non-hydrogen) atoms. The van der Waals surface area contributed by atoms with Crippen LogP contribution < -0.4 is 5.73 Å². The van der Waals surface area contributed by atoms with Crippen LogP contribution in [0.25, 0.3) is 0 Å². The maximum Gasteiger partial charge on any atom is 0.0410 e. The molecule has 3 heteroatoms. The van der Waals surface area contributed by atoms with Crippen LogP contribution in [0.15, 0.2) is 22.9 Å². The van der Waals surface area contributed by atoms with Gasteiger partial charge in [-0.2, -0.15) is 0 Å². The lowest BCUT2D eigenvalue weighted by Gasteiger charge is -2.36. The molecular formula is C15H23BrN2. The molecule has 1 fully saturated rings. The van der Waals surface area contributed by atoms with Crippen molar-refractivity contribution in [3.8, 4) is 0 Å². The molecule has 0 saturated heterocycles. The van der Waals surface area contributed by atoms with Gasteiger partial charge in [0.25, 0.3) is 0 Å². The fraction of sp³-hybridized carbons (Fsp3) is 0.667. The van der Waals surface area contributed by atoms with Crippen molar-refractivity contribution in [1.29, 1.82) is 0 Å². The molecule has 1 aliphatic rings. The Morgan fingerprint density at radius 1 is 1.39 bits per heavy atom. The van der Waals surface area contributed by atoms with Gasteiger partial charge in [-0.3, -0.25) is 4.98 Å². The summed E-state index contributed by atoms with van der Waals surface area (Å²) in [7, 11) is 0. The van der Waals surface area contributed by atoms with E-state index >= 15 is 0 Å². The highest BCUT2D eigenvalue weighted by Gasteiger charge is 2.29. The number of aromatic nitrogens is 1. The normalized spacial score (nSPS) is 28.6. The van der Waals surface area contributed by atoms with Gasteiger partial charge in [0.1, 0.15) is 0 Å². The first-order chi connectivity index (χ1) is 8.56. The fourth-order valence-corrected chi connectivity index (χ4v) is 3.45. The van der Waals surface area contributed by atoms with E-state index in [0.29, 0.717) is 12.0 Å². The zero-order valence-electron chi connectivity index (χ0n) is 11.3. The third-order valence-corrected chi connectivity index (χ3v) is 4.72. The quantitative estimate of drug-likeness (QED) is 0.922. The van der Waals surface area contributed by atoms with Gasteiger partial charge in [0.15, 0.2) is 0 Å². The van der Waals surface area contributed by atoms with E-state index in [-0.39, 0.29) is 0 Å². The Bertz CT molecular complexity index is 392. The Labute approximate surface area is 119 Å². The number of hydrogen-bond donors (Lipinski definition) is 1. The minimum absolute atomic E-state index is 0.360. The Balaban J connectivity index is 2.02. The van der Waals surface area contributed by atoms with Gasteiger partial charge in [-0.05, 0) is 71.0 Å². The predicted molar refractivity (Wildman–Crippen MR) is 79.3 cm³/mol. The van der Waals surface area contributed by atoms with E-state index in [1.807, 2.05) is 12.4 Å². The molecular weight excluding hydrogens is 288 g/mol. The summed E-state index contributed by atoms with van der Waals surface area (Å²) in [6, 6.07) is 2.53. The van der Waals surface area contributed by atoms with Crippen LogP contribution in [0.4, 0.5) is 0 Å². The summed E-state index contributed by atoms with van der Waals surface area (Å²) in [6.07, 6.45) is 8.61. The standard InChI is InChI=1S/C15H23BrN2/c1-10(2)12-3-4-15(17)13(7-12)5-11-6-14(16)9-18-8-11/h6,8-10,12-13,15H,3-5,7,17H2,1-2H3. The van der Waals surface area contributed by atoms with Crippen molar-refractivity contribution in [2.75, 3.05) is 0 Å². The molecule has 3 unspecified atom stereocenters. The zero-order chi connectivity index (χ0) is 13.1. The molecule has 1 aliphatic carbocycles. The number of rotatable bonds is 3. The van der Waals surface area contributed by atoms with E-state index in [9.17, 15) is 0 Å². The lowest BCUT2D eigenvalue weighted by atomic mass is 9.72. The van der Waals surface area contributed by atoms with Crippen molar-refractivity contribution in [1.82, 2.24) is 4.98 Å². The van der Waals surface area contributed by atoms with Crippen LogP contribution >= 0.6 is 15.9 Å². The average Bonchev–Trinajstić information content (AvgIpc) is 2.31. The first kappa shape index (κ1) is 14.0. The molecule has 1 aromatic heterocycles. The molecule has 100 valence electrons. The topological polar surface area (TPSA) is 38.9 Å². The summed E-state index contributed by atoms with van der Waals surface area (Å²) in [5.74, 6) is 2.23. The summed E-state index contributed by atoms with van der Waals surface area (Å²) in [5.41, 5.74) is 7.60. The van der Waals surface area contributed by atoms with Crippen LogP contribution in [-0.2, 0) is 6.42 Å². The second-order valence-electron chi connectivity index (χ2n) is 5.96. The summed E-state index contributed by atoms with van der Waals surface area (Å²) >= 11 is 3.48. The monoisotopic (exact) mass is 310 g/mol. The largest absolute Gasteiger partial charge is 0.327 e. The van der Waals surface area contributed by atoms with Gasteiger partial charge in [-0.25, -0.2) is 0 Å². The Morgan fingerprint density at radius 2 is 2.17 bits per heavy atom. The molecule has 0 aliphatic heterocycles.